The Labute approximate surface area is 308 Å². The van der Waals surface area contributed by atoms with Gasteiger partial charge in [0.25, 0.3) is 5.56 Å². The minimum absolute atomic E-state index is 0.0275. The molecule has 13 heteroatoms. The molecule has 5 aliphatic heterocycles. The van der Waals surface area contributed by atoms with Gasteiger partial charge in [0, 0.05) is 80.0 Å². The Morgan fingerprint density at radius 2 is 1.72 bits per heavy atom. The van der Waals surface area contributed by atoms with E-state index in [1.807, 2.05) is 30.5 Å². The maximum absolute atomic E-state index is 13.6. The molecule has 278 valence electrons. The van der Waals surface area contributed by atoms with Gasteiger partial charge in [0.2, 0.25) is 17.7 Å². The Morgan fingerprint density at radius 3 is 2.38 bits per heavy atom. The number of nitrogens with zero attached hydrogens (tertiary/aromatic N) is 5. The third-order valence-electron chi connectivity index (χ3n) is 11.8. The first-order chi connectivity index (χ1) is 25.7. The van der Waals surface area contributed by atoms with E-state index in [9.17, 15) is 19.2 Å². The minimum Gasteiger partial charge on any atom is -0.496 e. The number of fused-ring (bicyclic) bond motifs is 3. The number of benzene rings is 2. The molecule has 0 aliphatic carbocycles. The SMILES string of the molecule is COc1cc(-c2cn(C)c(=O)c3c2C=NC3)cc(OC)c1CN1C[C@H]2C[C@@H]1CN2C(=O)CN1CCC(c2ccc(NC3CCC(=O)NC3=O)cc2)CC1. The number of nitrogens with one attached hydrogen (secondary N) is 2. The van der Waals surface area contributed by atoms with Crippen molar-refractivity contribution in [2.45, 2.75) is 69.2 Å². The largest absolute Gasteiger partial charge is 0.496 e. The Kier molecular flexibility index (Phi) is 9.54. The van der Waals surface area contributed by atoms with E-state index in [1.165, 1.54) is 5.56 Å². The quantitative estimate of drug-likeness (QED) is 0.303. The summed E-state index contributed by atoms with van der Waals surface area (Å²) >= 11 is 0. The van der Waals surface area contributed by atoms with E-state index >= 15 is 0 Å². The molecule has 8 rings (SSSR count). The smallest absolute Gasteiger partial charge is 0.256 e. The molecule has 6 heterocycles. The van der Waals surface area contributed by atoms with Crippen molar-refractivity contribution in [2.24, 2.45) is 12.0 Å². The maximum Gasteiger partial charge on any atom is 0.256 e. The monoisotopic (exact) mass is 721 g/mol. The molecular formula is C40H47N7O6. The van der Waals surface area contributed by atoms with Crippen molar-refractivity contribution in [3.63, 3.8) is 0 Å². The highest BCUT2D eigenvalue weighted by molar-refractivity contribution is 6.01. The van der Waals surface area contributed by atoms with Gasteiger partial charge in [-0.1, -0.05) is 12.1 Å². The average molecular weight is 722 g/mol. The third kappa shape index (κ3) is 6.83. The van der Waals surface area contributed by atoms with E-state index in [0.29, 0.717) is 44.0 Å². The summed E-state index contributed by atoms with van der Waals surface area (Å²) in [5.41, 5.74) is 6.47. The summed E-state index contributed by atoms with van der Waals surface area (Å²) in [6, 6.07) is 12.4. The zero-order valence-electron chi connectivity index (χ0n) is 30.6. The Balaban J connectivity index is 0.848. The van der Waals surface area contributed by atoms with Crippen LogP contribution in [-0.2, 0) is 34.5 Å². The normalized spacial score (nSPS) is 23.0. The van der Waals surface area contributed by atoms with Crippen LogP contribution in [0.3, 0.4) is 0 Å². The van der Waals surface area contributed by atoms with E-state index in [-0.39, 0.29) is 35.4 Å². The number of anilines is 1. The van der Waals surface area contributed by atoms with Crippen molar-refractivity contribution in [2.75, 3.05) is 52.3 Å². The van der Waals surface area contributed by atoms with E-state index in [0.717, 1.165) is 84.9 Å². The van der Waals surface area contributed by atoms with Crippen LogP contribution in [0, 0.1) is 0 Å². The number of aryl methyl sites for hydroxylation is 1. The molecule has 4 fully saturated rings. The molecule has 3 amide bonds. The van der Waals surface area contributed by atoms with Crippen LogP contribution in [0.4, 0.5) is 5.69 Å². The van der Waals surface area contributed by atoms with Crippen LogP contribution in [0.2, 0.25) is 0 Å². The number of imide groups is 1. The molecule has 53 heavy (non-hydrogen) atoms. The van der Waals surface area contributed by atoms with Crippen LogP contribution in [0.15, 0.2) is 52.4 Å². The summed E-state index contributed by atoms with van der Waals surface area (Å²) in [5, 5.41) is 5.64. The lowest BCUT2D eigenvalue weighted by Crippen LogP contribution is -2.51. The molecule has 3 atom stereocenters. The molecule has 4 saturated heterocycles. The van der Waals surface area contributed by atoms with Crippen LogP contribution in [0.1, 0.15) is 60.3 Å². The molecule has 0 saturated carbocycles. The Bertz CT molecular complexity index is 1990. The van der Waals surface area contributed by atoms with Crippen molar-refractivity contribution < 1.29 is 23.9 Å². The number of hydrogen-bond donors (Lipinski definition) is 2. The van der Waals surface area contributed by atoms with Crippen LogP contribution >= 0.6 is 0 Å². The second-order valence-electron chi connectivity index (χ2n) is 15.0. The number of rotatable bonds is 10. The van der Waals surface area contributed by atoms with Gasteiger partial charge in [-0.25, -0.2) is 0 Å². The van der Waals surface area contributed by atoms with Crippen LogP contribution in [0.5, 0.6) is 11.5 Å². The van der Waals surface area contributed by atoms with Crippen molar-refractivity contribution in [3.8, 4) is 22.6 Å². The number of hydrogen-bond acceptors (Lipinski definition) is 10. The molecule has 2 aromatic carbocycles. The standard InChI is InChI=1S/C40H47N7O6/c1-44-21-32(30-17-41-18-31(30)40(44)51)26-14-35(52-2)33(36(15-26)53-3)22-46-19-29-16-28(46)20-47(29)38(49)23-45-12-10-25(11-13-45)24-4-6-27(7-5-24)42-34-8-9-37(48)43-39(34)50/h4-7,14-15,17,21,25,28-29,34,42H,8-13,16,18-20,22-23H2,1-3H3,(H,43,48,50)/t28-,29-,34?/m1/s1. The van der Waals surface area contributed by atoms with Crippen LogP contribution < -0.4 is 25.7 Å². The van der Waals surface area contributed by atoms with Crippen LogP contribution in [0.25, 0.3) is 11.1 Å². The first-order valence-electron chi connectivity index (χ1n) is 18.6. The molecule has 1 aromatic heterocycles. The van der Waals surface area contributed by atoms with E-state index in [2.05, 4.69) is 42.5 Å². The molecule has 3 aromatic rings. The van der Waals surface area contributed by atoms with Gasteiger partial charge in [-0.2, -0.15) is 0 Å². The van der Waals surface area contributed by atoms with Gasteiger partial charge in [0.15, 0.2) is 0 Å². The van der Waals surface area contributed by atoms with Gasteiger partial charge in [-0.15, -0.1) is 0 Å². The summed E-state index contributed by atoms with van der Waals surface area (Å²) < 4.78 is 13.5. The van der Waals surface area contributed by atoms with Crippen molar-refractivity contribution in [1.29, 1.82) is 0 Å². The first kappa shape index (κ1) is 35.0. The lowest BCUT2D eigenvalue weighted by atomic mass is 9.89. The Morgan fingerprint density at radius 1 is 0.981 bits per heavy atom. The number of piperazine rings is 1. The second kappa shape index (κ2) is 14.4. The number of amides is 3. The predicted molar refractivity (Wildman–Crippen MR) is 200 cm³/mol. The van der Waals surface area contributed by atoms with Crippen molar-refractivity contribution in [3.05, 3.63) is 75.2 Å². The maximum atomic E-state index is 13.6. The summed E-state index contributed by atoms with van der Waals surface area (Å²) in [5.74, 6) is 1.63. The third-order valence-corrected chi connectivity index (χ3v) is 11.8. The molecule has 0 spiro atoms. The van der Waals surface area contributed by atoms with Crippen molar-refractivity contribution >= 4 is 29.6 Å². The highest BCUT2D eigenvalue weighted by Crippen LogP contribution is 2.40. The molecular weight excluding hydrogens is 674 g/mol. The number of aromatic nitrogens is 1. The fourth-order valence-corrected chi connectivity index (χ4v) is 8.91. The lowest BCUT2D eigenvalue weighted by Gasteiger charge is -2.37. The number of carbonyl (C=O) groups excluding carboxylic acids is 3. The molecule has 2 N–H and O–H groups in total. The summed E-state index contributed by atoms with van der Waals surface area (Å²) in [6.45, 7) is 4.80. The average Bonchev–Trinajstić information content (AvgIpc) is 3.92. The van der Waals surface area contributed by atoms with Gasteiger partial charge < -0.3 is 24.3 Å². The molecule has 13 nitrogen and oxygen atoms in total. The molecule has 5 aliphatic rings. The molecule has 0 radical (unpaired) electrons. The van der Waals surface area contributed by atoms with Gasteiger partial charge in [-0.3, -0.25) is 39.3 Å². The van der Waals surface area contributed by atoms with Gasteiger partial charge in [0.1, 0.15) is 17.5 Å². The van der Waals surface area contributed by atoms with E-state index < -0.39 is 6.04 Å². The lowest BCUT2D eigenvalue weighted by molar-refractivity contribution is -0.135. The summed E-state index contributed by atoms with van der Waals surface area (Å²) in [6.07, 6.45) is 7.43. The zero-order valence-corrected chi connectivity index (χ0v) is 30.6. The number of aliphatic imine (C=N–C) groups is 1. The predicted octanol–water partition coefficient (Wildman–Crippen LogP) is 2.88. The fourth-order valence-electron chi connectivity index (χ4n) is 8.91. The van der Waals surface area contributed by atoms with Gasteiger partial charge >= 0.3 is 0 Å². The fraction of sp³-hybridized carbons (Fsp3) is 0.475. The van der Waals surface area contributed by atoms with Crippen LogP contribution in [-0.4, -0.2) is 108 Å². The number of pyridine rings is 1. The van der Waals surface area contributed by atoms with Gasteiger partial charge in [-0.05, 0) is 80.1 Å². The molecule has 2 bridgehead atoms. The minimum atomic E-state index is -0.393. The number of ether oxygens (including phenoxy) is 2. The highest BCUT2D eigenvalue weighted by atomic mass is 16.5. The summed E-state index contributed by atoms with van der Waals surface area (Å²) in [4.78, 5) is 61.0. The van der Waals surface area contributed by atoms with Gasteiger partial charge in [0.05, 0.1) is 32.9 Å². The van der Waals surface area contributed by atoms with E-state index in [4.69, 9.17) is 9.47 Å². The second-order valence-corrected chi connectivity index (χ2v) is 15.0. The van der Waals surface area contributed by atoms with E-state index in [1.54, 1.807) is 32.0 Å². The van der Waals surface area contributed by atoms with Crippen molar-refractivity contribution in [1.82, 2.24) is 24.6 Å². The number of piperidine rings is 2. The Hall–Kier alpha value is -5.01. The topological polar surface area (TPSA) is 138 Å². The number of carbonyl (C=O) groups is 3. The summed E-state index contributed by atoms with van der Waals surface area (Å²) in [7, 11) is 5.11. The number of likely N-dealkylation sites (tertiary alicyclic amines) is 3. The highest BCUT2D eigenvalue weighted by Gasteiger charge is 2.45. The number of methoxy groups -OCH3 is 2. The zero-order chi connectivity index (χ0) is 36.8. The first-order valence-corrected chi connectivity index (χ1v) is 18.6. The molecule has 1 unspecified atom stereocenters.